The molecule has 162 valence electrons. The van der Waals surface area contributed by atoms with Gasteiger partial charge in [0.25, 0.3) is 5.91 Å². The normalized spacial score (nSPS) is 17.8. The van der Waals surface area contributed by atoms with Crippen molar-refractivity contribution in [3.63, 3.8) is 0 Å². The molecule has 7 heteroatoms. The summed E-state index contributed by atoms with van der Waals surface area (Å²) in [6.45, 7) is 1.33. The smallest absolute Gasteiger partial charge is 0.287 e. The Morgan fingerprint density at radius 1 is 1.03 bits per heavy atom. The number of carbonyl (C=O) groups is 1. The van der Waals surface area contributed by atoms with Gasteiger partial charge in [0.15, 0.2) is 11.5 Å². The lowest BCUT2D eigenvalue weighted by Crippen LogP contribution is -2.38. The van der Waals surface area contributed by atoms with Crippen LogP contribution in [0, 0.1) is 5.82 Å². The Labute approximate surface area is 180 Å². The molecule has 1 saturated heterocycles. The quantitative estimate of drug-likeness (QED) is 0.629. The summed E-state index contributed by atoms with van der Waals surface area (Å²) in [5.74, 6) is 0.380. The third kappa shape index (κ3) is 4.14. The van der Waals surface area contributed by atoms with Gasteiger partial charge in [-0.2, -0.15) is 0 Å². The Hall–Kier alpha value is -2.93. The van der Waals surface area contributed by atoms with Gasteiger partial charge in [0.2, 0.25) is 0 Å². The summed E-state index contributed by atoms with van der Waals surface area (Å²) < 4.78 is 27.0. The first-order valence-electron chi connectivity index (χ1n) is 11.0. The topological polar surface area (TPSA) is 69.3 Å². The van der Waals surface area contributed by atoms with E-state index in [0.717, 1.165) is 42.6 Å². The molecule has 1 aliphatic carbocycles. The summed E-state index contributed by atoms with van der Waals surface area (Å²) in [5.41, 5.74) is 2.39. The average molecular weight is 423 g/mol. The van der Waals surface area contributed by atoms with E-state index < -0.39 is 0 Å². The molecule has 1 amide bonds. The lowest BCUT2D eigenvalue weighted by Gasteiger charge is -2.22. The van der Waals surface area contributed by atoms with Crippen LogP contribution in [-0.4, -0.2) is 34.7 Å². The van der Waals surface area contributed by atoms with Crippen molar-refractivity contribution in [1.82, 2.24) is 14.9 Å². The number of carbonyl (C=O) groups excluding carboxylic acids is 1. The molecule has 3 aromatic rings. The van der Waals surface area contributed by atoms with Crippen molar-refractivity contribution in [2.75, 3.05) is 13.2 Å². The van der Waals surface area contributed by atoms with E-state index in [4.69, 9.17) is 9.15 Å². The van der Waals surface area contributed by atoms with Gasteiger partial charge in [-0.3, -0.25) is 4.79 Å². The van der Waals surface area contributed by atoms with Gasteiger partial charge in [0.05, 0.1) is 12.0 Å². The maximum atomic E-state index is 13.5. The van der Waals surface area contributed by atoms with Crippen LogP contribution in [0.5, 0.6) is 0 Å². The minimum atomic E-state index is -0.286. The molecule has 1 saturated carbocycles. The summed E-state index contributed by atoms with van der Waals surface area (Å²) in [6.07, 6.45) is 8.00. The molecule has 5 rings (SSSR count). The SMILES string of the molecule is O=C(NC1CCOCC1)c1ccc(-c2c(-c3ccc(F)cc3)ncn2C2CCCC2)o1. The van der Waals surface area contributed by atoms with Crippen LogP contribution in [-0.2, 0) is 4.74 Å². The van der Waals surface area contributed by atoms with Crippen LogP contribution in [0.25, 0.3) is 22.7 Å². The monoisotopic (exact) mass is 423 g/mol. The zero-order valence-corrected chi connectivity index (χ0v) is 17.4. The second kappa shape index (κ2) is 8.67. The van der Waals surface area contributed by atoms with Crippen molar-refractivity contribution in [1.29, 1.82) is 0 Å². The van der Waals surface area contributed by atoms with Crippen LogP contribution in [0.2, 0.25) is 0 Å². The molecular formula is C24H26FN3O3. The molecule has 2 aliphatic rings. The molecule has 2 aromatic heterocycles. The number of imidazole rings is 1. The third-order valence-electron chi connectivity index (χ3n) is 6.25. The van der Waals surface area contributed by atoms with Crippen LogP contribution >= 0.6 is 0 Å². The number of furan rings is 1. The van der Waals surface area contributed by atoms with E-state index in [1.807, 2.05) is 12.4 Å². The molecule has 0 radical (unpaired) electrons. The van der Waals surface area contributed by atoms with Crippen molar-refractivity contribution in [3.8, 4) is 22.7 Å². The molecule has 6 nitrogen and oxygen atoms in total. The van der Waals surface area contributed by atoms with Gasteiger partial charge in [-0.25, -0.2) is 9.37 Å². The fraction of sp³-hybridized carbons (Fsp3) is 0.417. The average Bonchev–Trinajstić information content (AvgIpc) is 3.54. The van der Waals surface area contributed by atoms with Crippen molar-refractivity contribution < 1.29 is 18.3 Å². The molecule has 0 unspecified atom stereocenters. The van der Waals surface area contributed by atoms with Gasteiger partial charge in [-0.15, -0.1) is 0 Å². The van der Waals surface area contributed by atoms with E-state index >= 15 is 0 Å². The van der Waals surface area contributed by atoms with E-state index in [1.54, 1.807) is 18.2 Å². The minimum absolute atomic E-state index is 0.105. The molecule has 31 heavy (non-hydrogen) atoms. The lowest BCUT2D eigenvalue weighted by atomic mass is 10.1. The van der Waals surface area contributed by atoms with E-state index in [-0.39, 0.29) is 23.5 Å². The third-order valence-corrected chi connectivity index (χ3v) is 6.25. The van der Waals surface area contributed by atoms with Gasteiger partial charge in [-0.05, 0) is 62.1 Å². The predicted octanol–water partition coefficient (Wildman–Crippen LogP) is 4.97. The largest absolute Gasteiger partial charge is 0.449 e. The molecule has 0 bridgehead atoms. The Kier molecular flexibility index (Phi) is 5.59. The van der Waals surface area contributed by atoms with Crippen molar-refractivity contribution in [2.45, 2.75) is 50.6 Å². The Morgan fingerprint density at radius 2 is 1.77 bits per heavy atom. The first-order valence-corrected chi connectivity index (χ1v) is 11.0. The predicted molar refractivity (Wildman–Crippen MR) is 114 cm³/mol. The fourth-order valence-electron chi connectivity index (χ4n) is 4.57. The standard InChI is InChI=1S/C24H26FN3O3/c25-17-7-5-16(6-8-17)22-23(28(15-26-22)19-3-1-2-4-19)20-9-10-21(31-20)24(29)27-18-11-13-30-14-12-18/h5-10,15,18-19H,1-4,11-14H2,(H,27,29). The zero-order valence-electron chi connectivity index (χ0n) is 17.4. The number of nitrogens with zero attached hydrogens (tertiary/aromatic N) is 2. The summed E-state index contributed by atoms with van der Waals surface area (Å²) in [4.78, 5) is 17.4. The minimum Gasteiger partial charge on any atom is -0.449 e. The first kappa shape index (κ1) is 20.0. The van der Waals surface area contributed by atoms with Gasteiger partial charge in [0.1, 0.15) is 11.5 Å². The maximum Gasteiger partial charge on any atom is 0.287 e. The van der Waals surface area contributed by atoms with Gasteiger partial charge in [0, 0.05) is 30.9 Å². The summed E-state index contributed by atoms with van der Waals surface area (Å²) in [5, 5.41) is 3.04. The van der Waals surface area contributed by atoms with E-state index in [0.29, 0.717) is 25.0 Å². The Bertz CT molecular complexity index is 1040. The summed E-state index contributed by atoms with van der Waals surface area (Å²) >= 11 is 0. The van der Waals surface area contributed by atoms with Crippen molar-refractivity contribution >= 4 is 5.91 Å². The number of nitrogens with one attached hydrogen (secondary N) is 1. The molecule has 0 spiro atoms. The first-order chi connectivity index (χ1) is 15.2. The highest BCUT2D eigenvalue weighted by molar-refractivity contribution is 5.92. The molecular weight excluding hydrogens is 397 g/mol. The highest BCUT2D eigenvalue weighted by atomic mass is 19.1. The van der Waals surface area contributed by atoms with Gasteiger partial charge in [-0.1, -0.05) is 12.8 Å². The summed E-state index contributed by atoms with van der Waals surface area (Å²) in [6, 6.07) is 10.3. The van der Waals surface area contributed by atoms with Crippen molar-refractivity contribution in [3.05, 3.63) is 54.3 Å². The molecule has 1 N–H and O–H groups in total. The summed E-state index contributed by atoms with van der Waals surface area (Å²) in [7, 11) is 0. The molecule has 0 atom stereocenters. The number of halogens is 1. The van der Waals surface area contributed by atoms with Crippen LogP contribution in [0.1, 0.15) is 55.1 Å². The van der Waals surface area contributed by atoms with E-state index in [9.17, 15) is 9.18 Å². The number of benzene rings is 1. The molecule has 1 aromatic carbocycles. The molecule has 1 aliphatic heterocycles. The van der Waals surface area contributed by atoms with E-state index in [2.05, 4.69) is 14.9 Å². The maximum absolute atomic E-state index is 13.5. The second-order valence-electron chi connectivity index (χ2n) is 8.32. The number of hydrogen-bond acceptors (Lipinski definition) is 4. The number of amides is 1. The van der Waals surface area contributed by atoms with Crippen LogP contribution in [0.15, 0.2) is 47.1 Å². The number of aromatic nitrogens is 2. The van der Waals surface area contributed by atoms with Crippen molar-refractivity contribution in [2.24, 2.45) is 0 Å². The molecule has 3 heterocycles. The number of hydrogen-bond donors (Lipinski definition) is 1. The lowest BCUT2D eigenvalue weighted by molar-refractivity contribution is 0.0684. The highest BCUT2D eigenvalue weighted by Crippen LogP contribution is 2.39. The van der Waals surface area contributed by atoms with Gasteiger partial charge >= 0.3 is 0 Å². The number of rotatable bonds is 5. The second-order valence-corrected chi connectivity index (χ2v) is 8.32. The van der Waals surface area contributed by atoms with Crippen LogP contribution in [0.3, 0.4) is 0 Å². The van der Waals surface area contributed by atoms with Crippen LogP contribution in [0.4, 0.5) is 4.39 Å². The van der Waals surface area contributed by atoms with Crippen LogP contribution < -0.4 is 5.32 Å². The zero-order chi connectivity index (χ0) is 21.2. The number of ether oxygens (including phenoxy) is 1. The fourth-order valence-corrected chi connectivity index (χ4v) is 4.57. The Balaban J connectivity index is 1.47. The highest BCUT2D eigenvalue weighted by Gasteiger charge is 2.26. The van der Waals surface area contributed by atoms with E-state index in [1.165, 1.54) is 25.0 Å². The molecule has 2 fully saturated rings. The Morgan fingerprint density at radius 3 is 2.52 bits per heavy atom. The van der Waals surface area contributed by atoms with Gasteiger partial charge < -0.3 is 19.0 Å².